The number of hydrogen-bond acceptors (Lipinski definition) is 6. The Morgan fingerprint density at radius 1 is 1.12 bits per heavy atom. The fourth-order valence-corrected chi connectivity index (χ4v) is 3.76. The average Bonchev–Trinajstić information content (AvgIpc) is 3.31. The molecule has 1 aliphatic heterocycles. The first-order valence-corrected chi connectivity index (χ1v) is 10.7. The molecular formula is C23H23F4N5O2. The highest BCUT2D eigenvalue weighted by Gasteiger charge is 2.31. The molecule has 1 N–H and O–H groups in total. The van der Waals surface area contributed by atoms with E-state index in [1.807, 2.05) is 11.8 Å². The van der Waals surface area contributed by atoms with Gasteiger partial charge >= 0.3 is 6.18 Å². The molecular weight excluding hydrogens is 454 g/mol. The number of aromatic nitrogens is 2. The summed E-state index contributed by atoms with van der Waals surface area (Å²) in [5.74, 6) is -0.138. The number of amides is 1. The molecule has 4 rings (SSSR count). The Kier molecular flexibility index (Phi) is 6.94. The number of halogens is 4. The minimum Gasteiger partial charge on any atom is -0.337 e. The smallest absolute Gasteiger partial charge is 0.337 e. The van der Waals surface area contributed by atoms with Crippen LogP contribution in [0.25, 0.3) is 11.4 Å². The van der Waals surface area contributed by atoms with E-state index in [9.17, 15) is 22.4 Å². The molecule has 3 aromatic rings. The lowest BCUT2D eigenvalue weighted by Gasteiger charge is -2.36. The van der Waals surface area contributed by atoms with E-state index in [1.54, 1.807) is 0 Å². The lowest BCUT2D eigenvalue weighted by atomic mass is 10.1. The zero-order chi connectivity index (χ0) is 24.3. The molecule has 0 bridgehead atoms. The maximum Gasteiger partial charge on any atom is 0.416 e. The van der Waals surface area contributed by atoms with Crippen LogP contribution in [0.1, 0.15) is 24.4 Å². The third kappa shape index (κ3) is 5.78. The van der Waals surface area contributed by atoms with Crippen LogP contribution in [-0.2, 0) is 11.0 Å². The maximum absolute atomic E-state index is 13.0. The van der Waals surface area contributed by atoms with Gasteiger partial charge in [-0.1, -0.05) is 17.3 Å². The van der Waals surface area contributed by atoms with Gasteiger partial charge in [-0.25, -0.2) is 4.39 Å². The van der Waals surface area contributed by atoms with Crippen LogP contribution in [0.4, 0.5) is 23.2 Å². The number of alkyl halides is 3. The van der Waals surface area contributed by atoms with Crippen LogP contribution in [0.5, 0.6) is 0 Å². The highest BCUT2D eigenvalue weighted by molar-refractivity contribution is 5.92. The van der Waals surface area contributed by atoms with Crippen molar-refractivity contribution >= 4 is 11.6 Å². The van der Waals surface area contributed by atoms with Crippen molar-refractivity contribution in [3.63, 3.8) is 0 Å². The first-order chi connectivity index (χ1) is 16.2. The Balaban J connectivity index is 1.31. The number of hydrogen-bond donors (Lipinski definition) is 1. The van der Waals surface area contributed by atoms with E-state index in [4.69, 9.17) is 4.52 Å². The molecule has 1 aliphatic rings. The molecule has 1 saturated heterocycles. The molecule has 2 heterocycles. The van der Waals surface area contributed by atoms with E-state index >= 15 is 0 Å². The Bertz CT molecular complexity index is 1120. The van der Waals surface area contributed by atoms with Crippen molar-refractivity contribution in [1.29, 1.82) is 0 Å². The second-order valence-corrected chi connectivity index (χ2v) is 8.08. The van der Waals surface area contributed by atoms with Gasteiger partial charge in [0.15, 0.2) is 0 Å². The normalized spacial score (nSPS) is 16.4. The minimum absolute atomic E-state index is 0.101. The summed E-state index contributed by atoms with van der Waals surface area (Å²) < 4.78 is 57.3. The zero-order valence-corrected chi connectivity index (χ0v) is 18.3. The van der Waals surface area contributed by atoms with Gasteiger partial charge in [-0.2, -0.15) is 18.2 Å². The summed E-state index contributed by atoms with van der Waals surface area (Å²) in [6, 6.07) is 10.1. The molecule has 1 unspecified atom stereocenters. The van der Waals surface area contributed by atoms with E-state index in [2.05, 4.69) is 20.4 Å². The van der Waals surface area contributed by atoms with Crippen molar-refractivity contribution in [2.45, 2.75) is 19.1 Å². The van der Waals surface area contributed by atoms with Crippen LogP contribution in [0.3, 0.4) is 0 Å². The molecule has 2 aromatic carbocycles. The summed E-state index contributed by atoms with van der Waals surface area (Å²) in [5, 5.41) is 6.60. The van der Waals surface area contributed by atoms with Crippen molar-refractivity contribution < 1.29 is 26.9 Å². The molecule has 0 aliphatic carbocycles. The number of anilines is 1. The Morgan fingerprint density at radius 3 is 2.50 bits per heavy atom. The van der Waals surface area contributed by atoms with Gasteiger partial charge in [0.25, 0.3) is 0 Å². The molecule has 180 valence electrons. The van der Waals surface area contributed by atoms with Gasteiger partial charge < -0.3 is 9.84 Å². The summed E-state index contributed by atoms with van der Waals surface area (Å²) >= 11 is 0. The SMILES string of the molecule is CC(c1nc(-c2cccc(C(F)(F)F)c2)no1)N1CCN(CC(=O)Nc2ccc(F)cc2)CC1. The van der Waals surface area contributed by atoms with Gasteiger partial charge in [-0.15, -0.1) is 0 Å². The van der Waals surface area contributed by atoms with Gasteiger partial charge in [-0.3, -0.25) is 14.6 Å². The van der Waals surface area contributed by atoms with Gasteiger partial charge in [0.1, 0.15) is 5.82 Å². The second-order valence-electron chi connectivity index (χ2n) is 8.08. The molecule has 11 heteroatoms. The largest absolute Gasteiger partial charge is 0.416 e. The van der Waals surface area contributed by atoms with Crippen molar-refractivity contribution in [3.05, 3.63) is 65.8 Å². The van der Waals surface area contributed by atoms with Crippen LogP contribution in [-0.4, -0.2) is 58.6 Å². The standard InChI is InChI=1S/C23H23F4N5O2/c1-15(22-29-21(30-34-22)16-3-2-4-17(13-16)23(25,26)27)32-11-9-31(10-12-32)14-20(33)28-19-7-5-18(24)6-8-19/h2-8,13,15H,9-12,14H2,1H3,(H,28,33). The average molecular weight is 477 g/mol. The monoisotopic (exact) mass is 477 g/mol. The molecule has 0 radical (unpaired) electrons. The number of carbonyl (C=O) groups excluding carboxylic acids is 1. The fourth-order valence-electron chi connectivity index (χ4n) is 3.76. The Morgan fingerprint density at radius 2 is 1.82 bits per heavy atom. The first-order valence-electron chi connectivity index (χ1n) is 10.7. The van der Waals surface area contributed by atoms with Crippen LogP contribution < -0.4 is 5.32 Å². The van der Waals surface area contributed by atoms with Gasteiger partial charge in [0.05, 0.1) is 18.2 Å². The summed E-state index contributed by atoms with van der Waals surface area (Å²) in [4.78, 5) is 20.7. The molecule has 1 aromatic heterocycles. The van der Waals surface area contributed by atoms with E-state index in [1.165, 1.54) is 36.4 Å². The molecule has 0 spiro atoms. The number of rotatable bonds is 6. The quantitative estimate of drug-likeness (QED) is 0.536. The molecule has 1 amide bonds. The summed E-state index contributed by atoms with van der Waals surface area (Å²) in [5.41, 5.74) is -0.00961. The number of benzene rings is 2. The topological polar surface area (TPSA) is 74.5 Å². The van der Waals surface area contributed by atoms with E-state index in [-0.39, 0.29) is 35.7 Å². The summed E-state index contributed by atoms with van der Waals surface area (Å²) in [6.07, 6.45) is -4.45. The number of nitrogens with one attached hydrogen (secondary N) is 1. The lowest BCUT2D eigenvalue weighted by molar-refractivity contribution is -0.137. The summed E-state index contributed by atoms with van der Waals surface area (Å²) in [6.45, 7) is 4.66. The van der Waals surface area contributed by atoms with Crippen LogP contribution >= 0.6 is 0 Å². The van der Waals surface area contributed by atoms with Crippen LogP contribution in [0.2, 0.25) is 0 Å². The molecule has 1 atom stereocenters. The van der Waals surface area contributed by atoms with Crippen molar-refractivity contribution in [2.75, 3.05) is 38.0 Å². The highest BCUT2D eigenvalue weighted by atomic mass is 19.4. The predicted molar refractivity (Wildman–Crippen MR) is 116 cm³/mol. The minimum atomic E-state index is -4.45. The van der Waals surface area contributed by atoms with Crippen molar-refractivity contribution in [1.82, 2.24) is 19.9 Å². The van der Waals surface area contributed by atoms with Crippen molar-refractivity contribution in [2.24, 2.45) is 0 Å². The van der Waals surface area contributed by atoms with E-state index in [0.717, 1.165) is 12.1 Å². The Labute approximate surface area is 193 Å². The number of piperazine rings is 1. The van der Waals surface area contributed by atoms with Gasteiger partial charge in [-0.05, 0) is 43.3 Å². The Hall–Kier alpha value is -3.31. The van der Waals surface area contributed by atoms with Crippen LogP contribution in [0.15, 0.2) is 53.1 Å². The van der Waals surface area contributed by atoms with Gasteiger partial charge in [0, 0.05) is 37.4 Å². The maximum atomic E-state index is 13.0. The van der Waals surface area contributed by atoms with E-state index in [0.29, 0.717) is 37.8 Å². The first kappa shape index (κ1) is 23.8. The fraction of sp³-hybridized carbons (Fsp3) is 0.348. The molecule has 1 fully saturated rings. The van der Waals surface area contributed by atoms with Crippen molar-refractivity contribution in [3.8, 4) is 11.4 Å². The zero-order valence-electron chi connectivity index (χ0n) is 18.3. The third-order valence-corrected chi connectivity index (χ3v) is 5.70. The highest BCUT2D eigenvalue weighted by Crippen LogP contribution is 2.32. The second kappa shape index (κ2) is 9.90. The molecule has 34 heavy (non-hydrogen) atoms. The molecule has 0 saturated carbocycles. The lowest BCUT2D eigenvalue weighted by Crippen LogP contribution is -2.49. The molecule has 7 nitrogen and oxygen atoms in total. The number of carbonyl (C=O) groups is 1. The summed E-state index contributed by atoms with van der Waals surface area (Å²) in [7, 11) is 0. The van der Waals surface area contributed by atoms with Gasteiger partial charge in [0.2, 0.25) is 17.6 Å². The van der Waals surface area contributed by atoms with Crippen LogP contribution in [0, 0.1) is 5.82 Å². The van der Waals surface area contributed by atoms with E-state index < -0.39 is 11.7 Å². The predicted octanol–water partition coefficient (Wildman–Crippen LogP) is 4.21. The third-order valence-electron chi connectivity index (χ3n) is 5.70. The number of nitrogens with zero attached hydrogens (tertiary/aromatic N) is 4.